The van der Waals surface area contributed by atoms with E-state index in [9.17, 15) is 8.42 Å². The molecule has 1 atom stereocenters. The van der Waals surface area contributed by atoms with Gasteiger partial charge in [0, 0.05) is 5.41 Å². The molecule has 1 unspecified atom stereocenters. The van der Waals surface area contributed by atoms with E-state index < -0.39 is 21.0 Å². The summed E-state index contributed by atoms with van der Waals surface area (Å²) in [7, 11) is -4.30. The molecule has 10 heavy (non-hydrogen) atoms. The molecule has 0 aromatic rings. The number of hydrogen-bond acceptors (Lipinski definition) is 3. The highest BCUT2D eigenvalue weighted by atomic mass is 32.2. The van der Waals surface area contributed by atoms with E-state index in [4.69, 9.17) is 9.66 Å². The van der Waals surface area contributed by atoms with Crippen molar-refractivity contribution < 1.29 is 18.1 Å². The Bertz CT molecular complexity index is 198. The molecule has 0 aromatic heterocycles. The standard InChI is InChI=1S/C5H12O4S/c1-5(2,3)4(6)10(7,8)9/h4,6H,1-3H3,(H,7,8,9). The molecule has 2 N–H and O–H groups in total. The number of hydrogen-bond donors (Lipinski definition) is 2. The number of aliphatic hydroxyl groups excluding tert-OH is 1. The number of rotatable bonds is 1. The topological polar surface area (TPSA) is 74.6 Å². The lowest BCUT2D eigenvalue weighted by Gasteiger charge is -2.22. The molecule has 62 valence electrons. The molecule has 0 rings (SSSR count). The van der Waals surface area contributed by atoms with Crippen LogP contribution in [0.15, 0.2) is 0 Å². The Hall–Kier alpha value is -0.130. The highest BCUT2D eigenvalue weighted by molar-refractivity contribution is 7.86. The van der Waals surface area contributed by atoms with Crippen molar-refractivity contribution in [1.29, 1.82) is 0 Å². The Balaban J connectivity index is 4.56. The van der Waals surface area contributed by atoms with Gasteiger partial charge in [0.25, 0.3) is 10.1 Å². The van der Waals surface area contributed by atoms with Crippen molar-refractivity contribution in [2.45, 2.75) is 26.2 Å². The van der Waals surface area contributed by atoms with Crippen LogP contribution in [0, 0.1) is 5.41 Å². The summed E-state index contributed by atoms with van der Waals surface area (Å²) in [5, 5.41) is 8.88. The zero-order valence-corrected chi connectivity index (χ0v) is 7.01. The predicted octanol–water partition coefficient (Wildman–Crippen LogP) is 0.239. The van der Waals surface area contributed by atoms with Gasteiger partial charge < -0.3 is 5.11 Å². The largest absolute Gasteiger partial charge is 0.375 e. The summed E-state index contributed by atoms with van der Waals surface area (Å²) in [6.45, 7) is 4.56. The molecule has 0 bridgehead atoms. The van der Waals surface area contributed by atoms with Crippen molar-refractivity contribution >= 4 is 10.1 Å². The maximum atomic E-state index is 10.3. The minimum atomic E-state index is -4.30. The van der Waals surface area contributed by atoms with Crippen LogP contribution in [0.3, 0.4) is 0 Å². The van der Waals surface area contributed by atoms with Gasteiger partial charge in [0.15, 0.2) is 5.44 Å². The molecule has 0 fully saturated rings. The first kappa shape index (κ1) is 9.87. The average Bonchev–Trinajstić information content (AvgIpc) is 1.59. The van der Waals surface area contributed by atoms with E-state index in [1.165, 1.54) is 20.8 Å². The third-order valence-corrected chi connectivity index (χ3v) is 2.29. The Morgan fingerprint density at radius 2 is 1.60 bits per heavy atom. The van der Waals surface area contributed by atoms with Gasteiger partial charge in [-0.2, -0.15) is 8.42 Å². The fraction of sp³-hybridized carbons (Fsp3) is 1.00. The van der Waals surface area contributed by atoms with Gasteiger partial charge in [-0.15, -0.1) is 0 Å². The molecule has 0 saturated carbocycles. The van der Waals surface area contributed by atoms with Crippen LogP contribution in [0.4, 0.5) is 0 Å². The molecule has 0 heterocycles. The van der Waals surface area contributed by atoms with E-state index in [0.29, 0.717) is 0 Å². The monoisotopic (exact) mass is 168 g/mol. The molecule has 4 nitrogen and oxygen atoms in total. The summed E-state index contributed by atoms with van der Waals surface area (Å²) in [5.74, 6) is 0. The lowest BCUT2D eigenvalue weighted by atomic mass is 9.98. The van der Waals surface area contributed by atoms with Crippen molar-refractivity contribution in [2.75, 3.05) is 0 Å². The Morgan fingerprint density at radius 3 is 1.60 bits per heavy atom. The molecular formula is C5H12O4S. The zero-order chi connectivity index (χ0) is 8.58. The molecular weight excluding hydrogens is 156 g/mol. The van der Waals surface area contributed by atoms with E-state index in [1.807, 2.05) is 0 Å². The maximum Gasteiger partial charge on any atom is 0.292 e. The van der Waals surface area contributed by atoms with Crippen molar-refractivity contribution in [3.8, 4) is 0 Å². The van der Waals surface area contributed by atoms with Crippen LogP contribution < -0.4 is 0 Å². The van der Waals surface area contributed by atoms with Crippen molar-refractivity contribution in [1.82, 2.24) is 0 Å². The van der Waals surface area contributed by atoms with Gasteiger partial charge >= 0.3 is 0 Å². The van der Waals surface area contributed by atoms with Gasteiger partial charge in [-0.1, -0.05) is 20.8 Å². The second kappa shape index (κ2) is 2.48. The zero-order valence-electron chi connectivity index (χ0n) is 6.20. The normalized spacial score (nSPS) is 16.9. The van der Waals surface area contributed by atoms with Gasteiger partial charge in [0.2, 0.25) is 0 Å². The molecule has 0 aromatic carbocycles. The second-order valence-electron chi connectivity index (χ2n) is 3.23. The van der Waals surface area contributed by atoms with Crippen LogP contribution in [0.1, 0.15) is 20.8 Å². The summed E-state index contributed by atoms with van der Waals surface area (Å²) < 4.78 is 28.9. The van der Waals surface area contributed by atoms with E-state index in [2.05, 4.69) is 0 Å². The highest BCUT2D eigenvalue weighted by Gasteiger charge is 2.32. The average molecular weight is 168 g/mol. The van der Waals surface area contributed by atoms with Gasteiger partial charge in [0.05, 0.1) is 0 Å². The number of aliphatic hydroxyl groups is 1. The SMILES string of the molecule is CC(C)(C)C(O)S(=O)(=O)O. The van der Waals surface area contributed by atoms with Crippen LogP contribution in [-0.2, 0) is 10.1 Å². The minimum absolute atomic E-state index is 0.840. The van der Waals surface area contributed by atoms with Gasteiger partial charge in [-0.3, -0.25) is 4.55 Å². The molecule has 0 aliphatic heterocycles. The molecule has 0 radical (unpaired) electrons. The van der Waals surface area contributed by atoms with E-state index >= 15 is 0 Å². The van der Waals surface area contributed by atoms with E-state index in [-0.39, 0.29) is 0 Å². The second-order valence-corrected chi connectivity index (χ2v) is 4.71. The molecule has 5 heteroatoms. The van der Waals surface area contributed by atoms with Crippen molar-refractivity contribution in [3.63, 3.8) is 0 Å². The van der Waals surface area contributed by atoms with E-state index in [1.54, 1.807) is 0 Å². The molecule has 0 spiro atoms. The van der Waals surface area contributed by atoms with Crippen molar-refractivity contribution in [3.05, 3.63) is 0 Å². The van der Waals surface area contributed by atoms with Crippen LogP contribution >= 0.6 is 0 Å². The Kier molecular flexibility index (Phi) is 2.45. The van der Waals surface area contributed by atoms with Gasteiger partial charge in [-0.25, -0.2) is 0 Å². The lowest BCUT2D eigenvalue weighted by Crippen LogP contribution is -2.33. The first-order valence-electron chi connectivity index (χ1n) is 2.80. The van der Waals surface area contributed by atoms with Crippen LogP contribution in [0.2, 0.25) is 0 Å². The Morgan fingerprint density at radius 1 is 1.30 bits per heavy atom. The predicted molar refractivity (Wildman–Crippen MR) is 37.0 cm³/mol. The van der Waals surface area contributed by atoms with Gasteiger partial charge in [0.1, 0.15) is 0 Å². The third-order valence-electron chi connectivity index (χ3n) is 1.02. The van der Waals surface area contributed by atoms with Gasteiger partial charge in [-0.05, 0) is 0 Å². The van der Waals surface area contributed by atoms with Crippen LogP contribution in [0.25, 0.3) is 0 Å². The molecule has 0 aliphatic carbocycles. The van der Waals surface area contributed by atoms with Crippen LogP contribution in [-0.4, -0.2) is 23.5 Å². The maximum absolute atomic E-state index is 10.3. The summed E-state index contributed by atoms with van der Waals surface area (Å²) in [6, 6.07) is 0. The van der Waals surface area contributed by atoms with E-state index in [0.717, 1.165) is 0 Å². The first-order valence-corrected chi connectivity index (χ1v) is 4.30. The smallest absolute Gasteiger partial charge is 0.292 e. The molecule has 0 saturated heterocycles. The Labute approximate surface area is 60.6 Å². The summed E-state index contributed by atoms with van der Waals surface area (Å²) in [6.07, 6.45) is 0. The fourth-order valence-electron chi connectivity index (χ4n) is 0.447. The first-order chi connectivity index (χ1) is 4.15. The summed E-state index contributed by atoms with van der Waals surface area (Å²) in [5.41, 5.74) is -2.55. The molecule has 0 aliphatic rings. The van der Waals surface area contributed by atoms with Crippen LogP contribution in [0.5, 0.6) is 0 Å². The van der Waals surface area contributed by atoms with Crippen molar-refractivity contribution in [2.24, 2.45) is 5.41 Å². The lowest BCUT2D eigenvalue weighted by molar-refractivity contribution is 0.123. The fourth-order valence-corrected chi connectivity index (χ4v) is 1.34. The quantitative estimate of drug-likeness (QED) is 0.550. The third kappa shape index (κ3) is 2.64. The molecule has 0 amide bonds. The minimum Gasteiger partial charge on any atom is -0.375 e. The summed E-state index contributed by atoms with van der Waals surface area (Å²) in [4.78, 5) is 0. The summed E-state index contributed by atoms with van der Waals surface area (Å²) >= 11 is 0. The highest BCUT2D eigenvalue weighted by Crippen LogP contribution is 2.22.